The molecule has 6 nitrogen and oxygen atoms in total. The Morgan fingerprint density at radius 1 is 1.56 bits per heavy atom. The number of nitrogens with zero attached hydrogens (tertiary/aromatic N) is 2. The highest BCUT2D eigenvalue weighted by molar-refractivity contribution is 5.51. The van der Waals surface area contributed by atoms with E-state index in [-0.39, 0.29) is 11.3 Å². The summed E-state index contributed by atoms with van der Waals surface area (Å²) in [5.41, 5.74) is 5.42. The first-order valence-electron chi connectivity index (χ1n) is 6.36. The summed E-state index contributed by atoms with van der Waals surface area (Å²) in [5.74, 6) is 0.886. The largest absolute Gasteiger partial charge is 0.489 e. The Morgan fingerprint density at radius 3 is 2.89 bits per heavy atom. The molecule has 2 rings (SSSR count). The van der Waals surface area contributed by atoms with Gasteiger partial charge in [-0.3, -0.25) is 4.79 Å². The van der Waals surface area contributed by atoms with Crippen LogP contribution in [0, 0.1) is 0 Å². The van der Waals surface area contributed by atoms with Crippen LogP contribution >= 0.6 is 0 Å². The van der Waals surface area contributed by atoms with E-state index in [1.807, 2.05) is 0 Å². The van der Waals surface area contributed by atoms with Crippen molar-refractivity contribution in [2.45, 2.75) is 31.7 Å². The van der Waals surface area contributed by atoms with Crippen LogP contribution in [-0.2, 0) is 0 Å². The van der Waals surface area contributed by atoms with Gasteiger partial charge in [-0.25, -0.2) is 4.98 Å². The van der Waals surface area contributed by atoms with Crippen molar-refractivity contribution in [1.82, 2.24) is 9.97 Å². The zero-order chi connectivity index (χ0) is 13.0. The number of nitrogens with one attached hydrogen (secondary N) is 1. The van der Waals surface area contributed by atoms with E-state index in [4.69, 9.17) is 10.5 Å². The summed E-state index contributed by atoms with van der Waals surface area (Å²) < 4.78 is 5.17. The third-order valence-corrected chi connectivity index (χ3v) is 3.40. The smallest absolute Gasteiger partial charge is 0.295 e. The van der Waals surface area contributed by atoms with E-state index in [0.29, 0.717) is 24.9 Å². The highest BCUT2D eigenvalue weighted by Gasteiger charge is 2.26. The third-order valence-electron chi connectivity index (χ3n) is 3.40. The molecule has 3 N–H and O–H groups in total. The van der Waals surface area contributed by atoms with E-state index < -0.39 is 0 Å². The molecule has 0 spiro atoms. The summed E-state index contributed by atoms with van der Waals surface area (Å²) >= 11 is 0. The molecule has 0 unspecified atom stereocenters. The Balaban J connectivity index is 2.35. The minimum atomic E-state index is -0.248. The van der Waals surface area contributed by atoms with Gasteiger partial charge in [-0.05, 0) is 12.8 Å². The van der Waals surface area contributed by atoms with Gasteiger partial charge in [0.2, 0.25) is 5.75 Å². The predicted molar refractivity (Wildman–Crippen MR) is 70.1 cm³/mol. The van der Waals surface area contributed by atoms with E-state index in [2.05, 4.69) is 14.9 Å². The Bertz CT molecular complexity index is 440. The van der Waals surface area contributed by atoms with Crippen molar-refractivity contribution in [2.24, 2.45) is 5.73 Å². The Labute approximate surface area is 106 Å². The molecular formula is C12H20N4O2. The van der Waals surface area contributed by atoms with Crippen molar-refractivity contribution >= 4 is 5.82 Å². The number of aromatic amines is 1. The van der Waals surface area contributed by atoms with Crippen molar-refractivity contribution in [3.05, 3.63) is 16.7 Å². The van der Waals surface area contributed by atoms with E-state index >= 15 is 0 Å². The van der Waals surface area contributed by atoms with E-state index in [9.17, 15) is 4.79 Å². The summed E-state index contributed by atoms with van der Waals surface area (Å²) in [6.07, 6.45) is 6.10. The van der Waals surface area contributed by atoms with Crippen molar-refractivity contribution in [3.63, 3.8) is 0 Å². The predicted octanol–water partition coefficient (Wildman–Crippen LogP) is 0.486. The van der Waals surface area contributed by atoms with E-state index in [0.717, 1.165) is 12.8 Å². The molecule has 0 aromatic carbocycles. The van der Waals surface area contributed by atoms with Crippen molar-refractivity contribution in [1.29, 1.82) is 0 Å². The number of hydrogen-bond acceptors (Lipinski definition) is 5. The molecule has 1 heterocycles. The maximum absolute atomic E-state index is 11.7. The molecule has 18 heavy (non-hydrogen) atoms. The molecule has 0 bridgehead atoms. The number of nitrogens with two attached hydrogens (primary N) is 1. The summed E-state index contributed by atoms with van der Waals surface area (Å²) in [4.78, 5) is 20.6. The van der Waals surface area contributed by atoms with Gasteiger partial charge in [0, 0.05) is 19.1 Å². The summed E-state index contributed by atoms with van der Waals surface area (Å²) in [6.45, 7) is 1.23. The lowest BCUT2D eigenvalue weighted by atomic mass is 10.2. The molecule has 6 heteroatoms. The van der Waals surface area contributed by atoms with Gasteiger partial charge in [0.1, 0.15) is 0 Å². The topological polar surface area (TPSA) is 84.2 Å². The molecule has 0 amide bonds. The zero-order valence-corrected chi connectivity index (χ0v) is 10.7. The maximum atomic E-state index is 11.7. The average molecular weight is 252 g/mol. The van der Waals surface area contributed by atoms with Gasteiger partial charge in [-0.15, -0.1) is 0 Å². The van der Waals surface area contributed by atoms with Crippen LogP contribution in [0.3, 0.4) is 0 Å². The van der Waals surface area contributed by atoms with Crippen LogP contribution in [0.1, 0.15) is 25.7 Å². The SMILES string of the molecule is COc1c(N(CCN)C2CCCC2)nc[nH]c1=O. The van der Waals surface area contributed by atoms with Crippen LogP contribution in [0.2, 0.25) is 0 Å². The van der Waals surface area contributed by atoms with Crippen LogP contribution in [0.5, 0.6) is 5.75 Å². The molecule has 1 fully saturated rings. The molecule has 0 radical (unpaired) electrons. The summed E-state index contributed by atoms with van der Waals surface area (Å²) in [7, 11) is 1.49. The normalized spacial score (nSPS) is 15.9. The second-order valence-corrected chi connectivity index (χ2v) is 4.51. The van der Waals surface area contributed by atoms with Crippen molar-refractivity contribution in [2.75, 3.05) is 25.1 Å². The first kappa shape index (κ1) is 12.9. The van der Waals surface area contributed by atoms with Crippen LogP contribution < -0.4 is 20.9 Å². The number of aromatic nitrogens is 2. The fourth-order valence-corrected chi connectivity index (χ4v) is 2.58. The molecule has 100 valence electrons. The monoisotopic (exact) mass is 252 g/mol. The van der Waals surface area contributed by atoms with Gasteiger partial charge in [0.05, 0.1) is 13.4 Å². The summed E-state index contributed by atoms with van der Waals surface area (Å²) in [5, 5.41) is 0. The number of anilines is 1. The molecule has 1 aliphatic carbocycles. The lowest BCUT2D eigenvalue weighted by molar-refractivity contribution is 0.403. The first-order valence-corrected chi connectivity index (χ1v) is 6.36. The van der Waals surface area contributed by atoms with Gasteiger partial charge < -0.3 is 20.4 Å². The van der Waals surface area contributed by atoms with Gasteiger partial charge in [0.15, 0.2) is 5.82 Å². The number of hydrogen-bond donors (Lipinski definition) is 2. The number of rotatable bonds is 5. The second-order valence-electron chi connectivity index (χ2n) is 4.51. The second kappa shape index (κ2) is 5.86. The minimum Gasteiger partial charge on any atom is -0.489 e. The fourth-order valence-electron chi connectivity index (χ4n) is 2.58. The van der Waals surface area contributed by atoms with Gasteiger partial charge in [-0.1, -0.05) is 12.8 Å². The fraction of sp³-hybridized carbons (Fsp3) is 0.667. The van der Waals surface area contributed by atoms with E-state index in [1.54, 1.807) is 0 Å². The van der Waals surface area contributed by atoms with Gasteiger partial charge >= 0.3 is 0 Å². The van der Waals surface area contributed by atoms with Crippen molar-refractivity contribution < 1.29 is 4.74 Å². The molecule has 1 saturated carbocycles. The minimum absolute atomic E-state index is 0.248. The molecule has 0 saturated heterocycles. The molecule has 0 atom stereocenters. The Hall–Kier alpha value is -1.56. The quantitative estimate of drug-likeness (QED) is 0.796. The van der Waals surface area contributed by atoms with Crippen LogP contribution in [0.25, 0.3) is 0 Å². The van der Waals surface area contributed by atoms with Crippen LogP contribution in [0.15, 0.2) is 11.1 Å². The lowest BCUT2D eigenvalue weighted by Gasteiger charge is -2.30. The number of H-pyrrole nitrogens is 1. The molecule has 1 aliphatic rings. The van der Waals surface area contributed by atoms with Crippen LogP contribution in [0.4, 0.5) is 5.82 Å². The van der Waals surface area contributed by atoms with Gasteiger partial charge in [-0.2, -0.15) is 0 Å². The average Bonchev–Trinajstić information content (AvgIpc) is 2.89. The lowest BCUT2D eigenvalue weighted by Crippen LogP contribution is -2.39. The van der Waals surface area contributed by atoms with Gasteiger partial charge in [0.25, 0.3) is 5.56 Å². The third kappa shape index (κ3) is 2.48. The zero-order valence-electron chi connectivity index (χ0n) is 10.7. The highest BCUT2D eigenvalue weighted by atomic mass is 16.5. The molecular weight excluding hydrogens is 232 g/mol. The molecule has 0 aliphatic heterocycles. The maximum Gasteiger partial charge on any atom is 0.295 e. The van der Waals surface area contributed by atoms with E-state index in [1.165, 1.54) is 26.3 Å². The number of methoxy groups -OCH3 is 1. The summed E-state index contributed by atoms with van der Waals surface area (Å²) in [6, 6.07) is 0.414. The highest BCUT2D eigenvalue weighted by Crippen LogP contribution is 2.30. The standard InChI is InChI=1S/C12H20N4O2/c1-18-10-11(14-8-15-12(10)17)16(7-6-13)9-4-2-3-5-9/h8-9H,2-7,13H2,1H3,(H,14,15,17). The Kier molecular flexibility index (Phi) is 4.19. The molecule has 1 aromatic heterocycles. The molecule has 1 aromatic rings. The van der Waals surface area contributed by atoms with Crippen LogP contribution in [-0.4, -0.2) is 36.2 Å². The Morgan fingerprint density at radius 2 is 2.28 bits per heavy atom. The number of ether oxygens (including phenoxy) is 1. The van der Waals surface area contributed by atoms with Crippen molar-refractivity contribution in [3.8, 4) is 5.75 Å². The first-order chi connectivity index (χ1) is 8.77.